The first-order chi connectivity index (χ1) is 13.9. The van der Waals surface area contributed by atoms with Crippen molar-refractivity contribution in [2.24, 2.45) is 5.92 Å². The van der Waals surface area contributed by atoms with Gasteiger partial charge in [0, 0.05) is 32.2 Å². The van der Waals surface area contributed by atoms with E-state index in [4.69, 9.17) is 14.6 Å². The zero-order valence-corrected chi connectivity index (χ0v) is 16.2. The average molecular weight is 409 g/mol. The van der Waals surface area contributed by atoms with Crippen LogP contribution in [0.5, 0.6) is 0 Å². The fraction of sp³-hybridized carbons (Fsp3) is 0.789. The molecule has 3 amide bonds. The number of aliphatic carboxylic acids is 1. The first-order valence-electron chi connectivity index (χ1n) is 10.2. The van der Waals surface area contributed by atoms with Gasteiger partial charge in [-0.1, -0.05) is 0 Å². The van der Waals surface area contributed by atoms with Crippen LogP contribution in [0.1, 0.15) is 32.1 Å². The number of carboxylic acid groups (broad SMARTS) is 1. The minimum absolute atomic E-state index is 0.0262. The van der Waals surface area contributed by atoms with Crippen molar-refractivity contribution in [3.05, 3.63) is 0 Å². The summed E-state index contributed by atoms with van der Waals surface area (Å²) in [6.45, 7) is 0.680. The number of nitrogens with one attached hydrogen (secondary N) is 1. The van der Waals surface area contributed by atoms with Crippen molar-refractivity contribution in [3.8, 4) is 0 Å². The molecule has 0 radical (unpaired) electrons. The van der Waals surface area contributed by atoms with Crippen molar-refractivity contribution in [1.29, 1.82) is 0 Å². The summed E-state index contributed by atoms with van der Waals surface area (Å²) in [5.74, 6) is -1.03. The molecule has 3 heterocycles. The number of piperazine rings is 1. The molecule has 0 aromatic heterocycles. The van der Waals surface area contributed by atoms with E-state index in [-0.39, 0.29) is 30.6 Å². The number of carbonyl (C=O) groups is 4. The quantitative estimate of drug-likeness (QED) is 0.525. The van der Waals surface area contributed by atoms with Crippen LogP contribution in [0.15, 0.2) is 0 Å². The highest BCUT2D eigenvalue weighted by Gasteiger charge is 2.52. The molecule has 1 saturated carbocycles. The van der Waals surface area contributed by atoms with Crippen LogP contribution < -0.4 is 5.32 Å². The lowest BCUT2D eigenvalue weighted by molar-refractivity contribution is -0.162. The number of fused-ring (bicyclic) bond motifs is 2. The van der Waals surface area contributed by atoms with Gasteiger partial charge in [-0.15, -0.1) is 0 Å². The van der Waals surface area contributed by atoms with Crippen LogP contribution >= 0.6 is 0 Å². The van der Waals surface area contributed by atoms with Crippen molar-refractivity contribution >= 4 is 23.7 Å². The van der Waals surface area contributed by atoms with Gasteiger partial charge in [0.05, 0.1) is 6.10 Å². The van der Waals surface area contributed by atoms with Gasteiger partial charge in [0.2, 0.25) is 17.7 Å². The fourth-order valence-corrected chi connectivity index (χ4v) is 4.43. The predicted octanol–water partition coefficient (Wildman–Crippen LogP) is -1.03. The van der Waals surface area contributed by atoms with Crippen molar-refractivity contribution < 1.29 is 33.8 Å². The number of nitrogens with zero attached hydrogens (tertiary/aromatic N) is 2. The molecule has 3 aliphatic heterocycles. The van der Waals surface area contributed by atoms with E-state index in [9.17, 15) is 19.2 Å². The Morgan fingerprint density at radius 2 is 1.76 bits per heavy atom. The van der Waals surface area contributed by atoms with Gasteiger partial charge in [-0.2, -0.15) is 0 Å². The Bertz CT molecular complexity index is 695. The summed E-state index contributed by atoms with van der Waals surface area (Å²) < 4.78 is 10.7. The number of hydrogen-bond donors (Lipinski definition) is 2. The van der Waals surface area contributed by atoms with Gasteiger partial charge in [-0.05, 0) is 31.6 Å². The summed E-state index contributed by atoms with van der Waals surface area (Å²) in [6, 6.07) is -1.26. The highest BCUT2D eigenvalue weighted by molar-refractivity contribution is 5.97. The SMILES string of the molecule is O=C(O)COCC(=O)NC1CCN2C(=O)C3CC(OCC4CC4)CN3C(=O)C2C1. The van der Waals surface area contributed by atoms with Gasteiger partial charge in [0.25, 0.3) is 0 Å². The molecule has 0 aromatic carbocycles. The van der Waals surface area contributed by atoms with Crippen LogP contribution in [0.3, 0.4) is 0 Å². The summed E-state index contributed by atoms with van der Waals surface area (Å²) in [4.78, 5) is 51.6. The van der Waals surface area contributed by atoms with E-state index < -0.39 is 30.6 Å². The first-order valence-corrected chi connectivity index (χ1v) is 10.2. The third-order valence-corrected chi connectivity index (χ3v) is 6.09. The van der Waals surface area contributed by atoms with Crippen LogP contribution in [0, 0.1) is 5.92 Å². The van der Waals surface area contributed by atoms with E-state index in [1.807, 2.05) is 0 Å². The Morgan fingerprint density at radius 3 is 2.48 bits per heavy atom. The normalized spacial score (nSPS) is 31.4. The largest absolute Gasteiger partial charge is 0.480 e. The lowest BCUT2D eigenvalue weighted by atomic mass is 9.92. The molecule has 0 aromatic rings. The Balaban J connectivity index is 1.31. The number of ether oxygens (including phenoxy) is 2. The van der Waals surface area contributed by atoms with E-state index in [1.165, 1.54) is 12.8 Å². The number of hydrogen-bond acceptors (Lipinski definition) is 6. The molecule has 160 valence electrons. The second kappa shape index (κ2) is 8.27. The molecule has 3 saturated heterocycles. The van der Waals surface area contributed by atoms with Crippen LogP contribution in [0.2, 0.25) is 0 Å². The number of carbonyl (C=O) groups excluding carboxylic acids is 3. The molecule has 4 rings (SSSR count). The second-order valence-electron chi connectivity index (χ2n) is 8.36. The third-order valence-electron chi connectivity index (χ3n) is 6.09. The Kier molecular flexibility index (Phi) is 5.73. The monoisotopic (exact) mass is 409 g/mol. The standard InChI is InChI=1S/C19H27N3O7/c23-16(9-28-10-17(24)25)20-12-3-4-21-14(5-12)19(27)22-7-13(6-15(22)18(21)26)29-8-11-1-2-11/h11-15H,1-10H2,(H,20,23)(H,24,25). The van der Waals surface area contributed by atoms with Gasteiger partial charge in [0.1, 0.15) is 25.3 Å². The van der Waals surface area contributed by atoms with Gasteiger partial charge in [-0.3, -0.25) is 14.4 Å². The molecule has 4 atom stereocenters. The van der Waals surface area contributed by atoms with Gasteiger partial charge < -0.3 is 29.7 Å². The van der Waals surface area contributed by atoms with E-state index in [0.29, 0.717) is 44.9 Å². The van der Waals surface area contributed by atoms with Crippen molar-refractivity contribution in [1.82, 2.24) is 15.1 Å². The maximum absolute atomic E-state index is 13.0. The number of amides is 3. The van der Waals surface area contributed by atoms with E-state index in [2.05, 4.69) is 5.32 Å². The molecule has 2 N–H and O–H groups in total. The maximum atomic E-state index is 13.0. The minimum atomic E-state index is -1.14. The molecule has 4 fully saturated rings. The van der Waals surface area contributed by atoms with Crippen molar-refractivity contribution in [2.75, 3.05) is 32.9 Å². The maximum Gasteiger partial charge on any atom is 0.329 e. The smallest absolute Gasteiger partial charge is 0.329 e. The summed E-state index contributed by atoms with van der Waals surface area (Å²) >= 11 is 0. The minimum Gasteiger partial charge on any atom is -0.480 e. The Labute approximate surface area is 168 Å². The molecule has 0 bridgehead atoms. The summed E-state index contributed by atoms with van der Waals surface area (Å²) in [6.07, 6.45) is 3.77. The van der Waals surface area contributed by atoms with Gasteiger partial charge >= 0.3 is 5.97 Å². The summed E-state index contributed by atoms with van der Waals surface area (Å²) in [5, 5.41) is 11.3. The fourth-order valence-electron chi connectivity index (χ4n) is 4.43. The third kappa shape index (κ3) is 4.53. The lowest BCUT2D eigenvalue weighted by Gasteiger charge is -2.46. The molecule has 0 spiro atoms. The molecule has 1 aliphatic carbocycles. The average Bonchev–Trinajstić information content (AvgIpc) is 3.41. The highest BCUT2D eigenvalue weighted by Crippen LogP contribution is 2.34. The molecule has 4 unspecified atom stereocenters. The van der Waals surface area contributed by atoms with Gasteiger partial charge in [0.15, 0.2) is 0 Å². The number of carboxylic acids is 1. The lowest BCUT2D eigenvalue weighted by Crippen LogP contribution is -2.66. The number of piperidine rings is 1. The topological polar surface area (TPSA) is 125 Å². The summed E-state index contributed by atoms with van der Waals surface area (Å²) in [7, 11) is 0. The number of rotatable bonds is 8. The van der Waals surface area contributed by atoms with Crippen LogP contribution in [0.4, 0.5) is 0 Å². The van der Waals surface area contributed by atoms with E-state index >= 15 is 0 Å². The van der Waals surface area contributed by atoms with Crippen LogP contribution in [-0.2, 0) is 28.7 Å². The Hall–Kier alpha value is -2.20. The summed E-state index contributed by atoms with van der Waals surface area (Å²) in [5.41, 5.74) is 0. The molecule has 4 aliphatic rings. The molecule has 10 nitrogen and oxygen atoms in total. The van der Waals surface area contributed by atoms with E-state index in [0.717, 1.165) is 0 Å². The molecule has 10 heteroatoms. The zero-order valence-electron chi connectivity index (χ0n) is 16.2. The van der Waals surface area contributed by atoms with Crippen LogP contribution in [-0.4, -0.2) is 95.7 Å². The Morgan fingerprint density at radius 1 is 1.03 bits per heavy atom. The van der Waals surface area contributed by atoms with Gasteiger partial charge in [-0.25, -0.2) is 4.79 Å². The molecular formula is C19H27N3O7. The van der Waals surface area contributed by atoms with Crippen molar-refractivity contribution in [3.63, 3.8) is 0 Å². The van der Waals surface area contributed by atoms with Crippen LogP contribution in [0.25, 0.3) is 0 Å². The van der Waals surface area contributed by atoms with E-state index in [1.54, 1.807) is 9.80 Å². The van der Waals surface area contributed by atoms with Crippen molar-refractivity contribution in [2.45, 2.75) is 56.3 Å². The first kappa shape index (κ1) is 20.1. The highest BCUT2D eigenvalue weighted by atomic mass is 16.5. The molecular weight excluding hydrogens is 382 g/mol. The zero-order chi connectivity index (χ0) is 20.5. The predicted molar refractivity (Wildman–Crippen MR) is 97.7 cm³/mol. The second-order valence-corrected chi connectivity index (χ2v) is 8.36. The molecule has 29 heavy (non-hydrogen) atoms.